The van der Waals surface area contributed by atoms with Crippen LogP contribution in [0, 0.1) is 0 Å². The number of rotatable bonds is 7. The van der Waals surface area contributed by atoms with Crippen molar-refractivity contribution < 1.29 is 0 Å². The average Bonchev–Trinajstić information content (AvgIpc) is 3.92. The molecule has 0 spiro atoms. The van der Waals surface area contributed by atoms with Crippen molar-refractivity contribution >= 4 is 54.4 Å². The summed E-state index contributed by atoms with van der Waals surface area (Å²) in [4.78, 5) is 10.5. The Morgan fingerprint density at radius 1 is 0.242 bits per heavy atom. The normalized spacial score (nSPS) is 11.6. The Bertz CT molecular complexity index is 3740. The lowest BCUT2D eigenvalue weighted by atomic mass is 9.92. The van der Waals surface area contributed by atoms with Crippen molar-refractivity contribution in [3.05, 3.63) is 243 Å². The highest BCUT2D eigenvalue weighted by molar-refractivity contribution is 6.11. The minimum atomic E-state index is 0.693. The van der Waals surface area contributed by atoms with Gasteiger partial charge >= 0.3 is 0 Å². The monoisotopic (exact) mass is 840 g/mol. The summed E-state index contributed by atoms with van der Waals surface area (Å²) in [6, 6.07) is 87.1. The summed E-state index contributed by atoms with van der Waals surface area (Å²) in [5.41, 5.74) is 16.3. The maximum Gasteiger partial charge on any atom is 0.160 e. The van der Waals surface area contributed by atoms with Gasteiger partial charge in [-0.2, -0.15) is 0 Å². The van der Waals surface area contributed by atoms with Gasteiger partial charge in [-0.3, -0.25) is 0 Å². The summed E-state index contributed by atoms with van der Waals surface area (Å²) in [7, 11) is 0. The SMILES string of the molecule is c1ccc(-c2ccc(-c3cc(-c4ccc(-c5cc(-n6c7ccccc7c7ccccc76)cc(-n6c7ccccc7c7ccccc76)c5)c5ccccc45)nc(-c4ccccc4)n3)cc2)cc1. The molecule has 0 saturated heterocycles. The largest absolute Gasteiger partial charge is 0.309 e. The van der Waals surface area contributed by atoms with E-state index in [-0.39, 0.29) is 0 Å². The van der Waals surface area contributed by atoms with E-state index in [4.69, 9.17) is 9.97 Å². The van der Waals surface area contributed by atoms with Gasteiger partial charge in [0.15, 0.2) is 5.82 Å². The fourth-order valence-corrected chi connectivity index (χ4v) is 10.1. The molecule has 13 rings (SSSR count). The molecule has 0 aliphatic rings. The second kappa shape index (κ2) is 15.4. The number of benzene rings is 10. The summed E-state index contributed by atoms with van der Waals surface area (Å²) in [6.45, 7) is 0. The van der Waals surface area contributed by atoms with Crippen LogP contribution >= 0.6 is 0 Å². The van der Waals surface area contributed by atoms with Gasteiger partial charge in [-0.05, 0) is 81.6 Å². The fraction of sp³-hybridized carbons (Fsp3) is 0. The lowest BCUT2D eigenvalue weighted by Gasteiger charge is -2.18. The number of nitrogens with zero attached hydrogens (tertiary/aromatic N) is 4. The quantitative estimate of drug-likeness (QED) is 0.160. The molecule has 10 aromatic carbocycles. The highest BCUT2D eigenvalue weighted by Crippen LogP contribution is 2.41. The average molecular weight is 841 g/mol. The van der Waals surface area contributed by atoms with Gasteiger partial charge in [0, 0.05) is 49.6 Å². The molecule has 0 amide bonds. The van der Waals surface area contributed by atoms with Crippen LogP contribution < -0.4 is 0 Å². The standard InChI is InChI=1S/C62H40N4/c1-3-17-41(18-4-1)42-31-33-43(34-32-42)56-40-57(64-62(63-56)44-19-5-2-6-20-44)51-36-35-48(49-21-7-8-22-50(49)51)45-37-46(65-58-27-13-9-23-52(58)53-24-10-14-28-59(53)65)39-47(38-45)66-60-29-15-11-25-54(60)55-26-12-16-30-61(55)66/h1-40H. The Labute approximate surface area is 382 Å². The second-order valence-electron chi connectivity index (χ2n) is 17.0. The minimum Gasteiger partial charge on any atom is -0.309 e. The van der Waals surface area contributed by atoms with Gasteiger partial charge in [0.05, 0.1) is 33.5 Å². The van der Waals surface area contributed by atoms with Crippen LogP contribution in [0.2, 0.25) is 0 Å². The first-order valence-corrected chi connectivity index (χ1v) is 22.5. The van der Waals surface area contributed by atoms with Crippen molar-refractivity contribution in [2.45, 2.75) is 0 Å². The summed E-state index contributed by atoms with van der Waals surface area (Å²) in [5.74, 6) is 0.693. The smallest absolute Gasteiger partial charge is 0.160 e. The maximum atomic E-state index is 5.31. The van der Waals surface area contributed by atoms with Crippen LogP contribution in [0.25, 0.3) is 122 Å². The Hall–Kier alpha value is -8.86. The van der Waals surface area contributed by atoms with E-state index in [1.165, 1.54) is 54.7 Å². The number of hydrogen-bond donors (Lipinski definition) is 0. The Morgan fingerprint density at radius 2 is 0.621 bits per heavy atom. The van der Waals surface area contributed by atoms with E-state index >= 15 is 0 Å². The third kappa shape index (κ3) is 6.22. The third-order valence-corrected chi connectivity index (χ3v) is 13.1. The predicted octanol–water partition coefficient (Wildman–Crippen LogP) is 16.2. The number of fused-ring (bicyclic) bond motifs is 7. The molecule has 66 heavy (non-hydrogen) atoms. The summed E-state index contributed by atoms with van der Waals surface area (Å²) >= 11 is 0. The maximum absolute atomic E-state index is 5.31. The van der Waals surface area contributed by atoms with E-state index in [0.29, 0.717) is 5.82 Å². The topological polar surface area (TPSA) is 35.6 Å². The van der Waals surface area contributed by atoms with Crippen LogP contribution in [-0.4, -0.2) is 19.1 Å². The first kappa shape index (κ1) is 37.7. The molecule has 308 valence electrons. The molecule has 0 saturated carbocycles. The van der Waals surface area contributed by atoms with Crippen LogP contribution in [0.4, 0.5) is 0 Å². The van der Waals surface area contributed by atoms with Crippen LogP contribution in [-0.2, 0) is 0 Å². The van der Waals surface area contributed by atoms with Gasteiger partial charge in [-0.15, -0.1) is 0 Å². The van der Waals surface area contributed by atoms with Gasteiger partial charge in [0.1, 0.15) is 0 Å². The van der Waals surface area contributed by atoms with Crippen LogP contribution in [0.5, 0.6) is 0 Å². The zero-order chi connectivity index (χ0) is 43.6. The lowest BCUT2D eigenvalue weighted by molar-refractivity contribution is 1.13. The molecule has 4 nitrogen and oxygen atoms in total. The predicted molar refractivity (Wildman–Crippen MR) is 275 cm³/mol. The van der Waals surface area contributed by atoms with E-state index in [1.54, 1.807) is 0 Å². The molecule has 0 N–H and O–H groups in total. The van der Waals surface area contributed by atoms with Crippen molar-refractivity contribution in [2.24, 2.45) is 0 Å². The van der Waals surface area contributed by atoms with Crippen molar-refractivity contribution in [3.8, 4) is 67.5 Å². The molecule has 4 heteroatoms. The minimum absolute atomic E-state index is 0.693. The summed E-state index contributed by atoms with van der Waals surface area (Å²) < 4.78 is 4.87. The first-order valence-electron chi connectivity index (χ1n) is 22.5. The van der Waals surface area contributed by atoms with Gasteiger partial charge in [-0.25, -0.2) is 9.97 Å². The molecule has 0 aliphatic heterocycles. The molecule has 0 aliphatic carbocycles. The Balaban J connectivity index is 1.03. The van der Waals surface area contributed by atoms with Crippen LogP contribution in [0.15, 0.2) is 243 Å². The molecule has 13 aromatic rings. The Kier molecular flexibility index (Phi) is 8.81. The lowest BCUT2D eigenvalue weighted by Crippen LogP contribution is -2.00. The van der Waals surface area contributed by atoms with Gasteiger partial charge in [-0.1, -0.05) is 194 Å². The second-order valence-corrected chi connectivity index (χ2v) is 17.0. The molecule has 0 unspecified atom stereocenters. The summed E-state index contributed by atoms with van der Waals surface area (Å²) in [6.07, 6.45) is 0. The van der Waals surface area contributed by atoms with E-state index in [9.17, 15) is 0 Å². The van der Waals surface area contributed by atoms with E-state index in [0.717, 1.165) is 61.4 Å². The highest BCUT2D eigenvalue weighted by atomic mass is 15.0. The molecule has 0 fully saturated rings. The number of aromatic nitrogens is 4. The Morgan fingerprint density at radius 3 is 1.14 bits per heavy atom. The molecule has 0 atom stereocenters. The van der Waals surface area contributed by atoms with E-state index in [1.807, 2.05) is 18.2 Å². The molecular weight excluding hydrogens is 801 g/mol. The van der Waals surface area contributed by atoms with Gasteiger partial charge in [0.25, 0.3) is 0 Å². The highest BCUT2D eigenvalue weighted by Gasteiger charge is 2.20. The van der Waals surface area contributed by atoms with E-state index in [2.05, 4.69) is 234 Å². The molecule has 3 heterocycles. The zero-order valence-corrected chi connectivity index (χ0v) is 35.9. The third-order valence-electron chi connectivity index (χ3n) is 13.1. The van der Waals surface area contributed by atoms with Crippen LogP contribution in [0.1, 0.15) is 0 Å². The molecular formula is C62H40N4. The molecule has 0 radical (unpaired) electrons. The fourth-order valence-electron chi connectivity index (χ4n) is 10.1. The van der Waals surface area contributed by atoms with Crippen molar-refractivity contribution in [1.29, 1.82) is 0 Å². The zero-order valence-electron chi connectivity index (χ0n) is 35.9. The number of hydrogen-bond acceptors (Lipinski definition) is 2. The first-order chi connectivity index (χ1) is 32.7. The molecule has 3 aromatic heterocycles. The van der Waals surface area contributed by atoms with Crippen LogP contribution in [0.3, 0.4) is 0 Å². The summed E-state index contributed by atoms with van der Waals surface area (Å²) in [5, 5.41) is 7.21. The van der Waals surface area contributed by atoms with Gasteiger partial charge < -0.3 is 9.13 Å². The van der Waals surface area contributed by atoms with Gasteiger partial charge in [0.2, 0.25) is 0 Å². The van der Waals surface area contributed by atoms with Crippen molar-refractivity contribution in [3.63, 3.8) is 0 Å². The molecule has 0 bridgehead atoms. The van der Waals surface area contributed by atoms with E-state index < -0.39 is 0 Å². The van der Waals surface area contributed by atoms with Crippen molar-refractivity contribution in [1.82, 2.24) is 19.1 Å². The number of para-hydroxylation sites is 4. The van der Waals surface area contributed by atoms with Crippen molar-refractivity contribution in [2.75, 3.05) is 0 Å².